The molecule has 106 valence electrons. The Kier molecular flexibility index (Phi) is 3.41. The van der Waals surface area contributed by atoms with Gasteiger partial charge in [0.1, 0.15) is 10.6 Å². The predicted molar refractivity (Wildman–Crippen MR) is 79.6 cm³/mol. The average molecular weight is 292 g/mol. The van der Waals surface area contributed by atoms with Crippen LogP contribution in [0.15, 0.2) is 6.07 Å². The van der Waals surface area contributed by atoms with Crippen LogP contribution in [0.2, 0.25) is 0 Å². The molecule has 0 aliphatic carbocycles. The molecule has 1 atom stereocenters. The van der Waals surface area contributed by atoms with Gasteiger partial charge < -0.3 is 10.6 Å². The molecule has 0 aromatic carbocycles. The van der Waals surface area contributed by atoms with Crippen LogP contribution in [0, 0.1) is 0 Å². The first-order chi connectivity index (χ1) is 9.69. The summed E-state index contributed by atoms with van der Waals surface area (Å²) < 4.78 is 0. The fraction of sp³-hybridized carbons (Fsp3) is 0.417. The number of rotatable bonds is 4. The summed E-state index contributed by atoms with van der Waals surface area (Å²) in [5, 5.41) is 7.08. The normalized spacial score (nSPS) is 18.3. The average Bonchev–Trinajstić information content (AvgIpc) is 3.04. The number of fused-ring (bicyclic) bond motifs is 1. The quantitative estimate of drug-likeness (QED) is 0.491. The Morgan fingerprint density at radius 3 is 3.05 bits per heavy atom. The summed E-state index contributed by atoms with van der Waals surface area (Å²) in [5.41, 5.74) is 2.48. The van der Waals surface area contributed by atoms with Gasteiger partial charge in [0.15, 0.2) is 0 Å². The maximum atomic E-state index is 11.3. The van der Waals surface area contributed by atoms with Gasteiger partial charge in [0, 0.05) is 17.8 Å². The van der Waals surface area contributed by atoms with Crippen molar-refractivity contribution in [3.05, 3.63) is 10.9 Å². The SMILES string of the molecule is CCc1cc2c(NC3CNC(=O)C3)nc(NN)nc2s1. The number of aromatic nitrogens is 2. The number of hydrogen-bond acceptors (Lipinski definition) is 7. The molecule has 5 N–H and O–H groups in total. The fourth-order valence-corrected chi connectivity index (χ4v) is 3.19. The monoisotopic (exact) mass is 292 g/mol. The molecule has 1 amide bonds. The second kappa shape index (κ2) is 5.22. The molecule has 1 aliphatic rings. The van der Waals surface area contributed by atoms with Crippen molar-refractivity contribution in [1.29, 1.82) is 0 Å². The molecule has 0 radical (unpaired) electrons. The third-order valence-electron chi connectivity index (χ3n) is 3.24. The van der Waals surface area contributed by atoms with E-state index in [2.05, 4.69) is 39.0 Å². The van der Waals surface area contributed by atoms with Crippen molar-refractivity contribution in [2.24, 2.45) is 5.84 Å². The number of hydrogen-bond donors (Lipinski definition) is 4. The lowest BCUT2D eigenvalue weighted by Gasteiger charge is -2.12. The lowest BCUT2D eigenvalue weighted by Crippen LogP contribution is -2.23. The molecule has 20 heavy (non-hydrogen) atoms. The third-order valence-corrected chi connectivity index (χ3v) is 4.41. The molecule has 3 rings (SSSR count). The Morgan fingerprint density at radius 2 is 2.40 bits per heavy atom. The van der Waals surface area contributed by atoms with E-state index in [1.54, 1.807) is 11.3 Å². The van der Waals surface area contributed by atoms with Crippen molar-refractivity contribution in [3.8, 4) is 0 Å². The minimum absolute atomic E-state index is 0.0520. The molecule has 8 heteroatoms. The van der Waals surface area contributed by atoms with E-state index in [0.717, 1.165) is 22.5 Å². The molecule has 0 saturated carbocycles. The van der Waals surface area contributed by atoms with Gasteiger partial charge >= 0.3 is 0 Å². The number of carbonyl (C=O) groups excluding carboxylic acids is 1. The Labute approximate surface area is 119 Å². The summed E-state index contributed by atoms with van der Waals surface area (Å²) in [6, 6.07) is 2.14. The van der Waals surface area contributed by atoms with E-state index in [9.17, 15) is 4.79 Å². The molecule has 7 nitrogen and oxygen atoms in total. The highest BCUT2D eigenvalue weighted by Gasteiger charge is 2.23. The predicted octanol–water partition coefficient (Wildman–Crippen LogP) is 0.840. The van der Waals surface area contributed by atoms with E-state index in [-0.39, 0.29) is 11.9 Å². The summed E-state index contributed by atoms with van der Waals surface area (Å²) in [6.45, 7) is 2.72. The summed E-state index contributed by atoms with van der Waals surface area (Å²) >= 11 is 1.63. The van der Waals surface area contributed by atoms with E-state index in [1.807, 2.05) is 0 Å². The van der Waals surface area contributed by atoms with Crippen molar-refractivity contribution in [2.45, 2.75) is 25.8 Å². The number of nitrogens with zero attached hydrogens (tertiary/aromatic N) is 2. The lowest BCUT2D eigenvalue weighted by molar-refractivity contribution is -0.119. The van der Waals surface area contributed by atoms with E-state index in [4.69, 9.17) is 5.84 Å². The van der Waals surface area contributed by atoms with Gasteiger partial charge in [-0.3, -0.25) is 10.2 Å². The standard InChI is InChI=1S/C12H16N6OS/c1-2-7-4-8-10(15-6-3-9(19)14-5-6)16-12(18-13)17-11(8)20-7/h4,6H,2-3,5,13H2,1H3,(H,14,19)(H2,15,16,17,18). The van der Waals surface area contributed by atoms with Gasteiger partial charge in [0.25, 0.3) is 0 Å². The maximum absolute atomic E-state index is 11.3. The molecule has 3 heterocycles. The van der Waals surface area contributed by atoms with E-state index in [0.29, 0.717) is 18.9 Å². The van der Waals surface area contributed by atoms with E-state index in [1.165, 1.54) is 4.88 Å². The molecule has 1 unspecified atom stereocenters. The van der Waals surface area contributed by atoms with Crippen molar-refractivity contribution >= 4 is 39.2 Å². The number of thiophene rings is 1. The molecule has 1 saturated heterocycles. The van der Waals surface area contributed by atoms with Gasteiger partial charge in [-0.1, -0.05) is 6.92 Å². The highest BCUT2D eigenvalue weighted by molar-refractivity contribution is 7.18. The molecule has 2 aromatic rings. The number of amides is 1. The van der Waals surface area contributed by atoms with Crippen molar-refractivity contribution < 1.29 is 4.79 Å². The molecule has 0 spiro atoms. The Hall–Kier alpha value is -1.93. The van der Waals surface area contributed by atoms with Crippen molar-refractivity contribution in [3.63, 3.8) is 0 Å². The Bertz CT molecular complexity index is 655. The summed E-state index contributed by atoms with van der Waals surface area (Å²) in [6.07, 6.45) is 1.41. The number of nitrogen functional groups attached to an aromatic ring is 1. The first kappa shape index (κ1) is 13.1. The molecule has 2 aromatic heterocycles. The number of carbonyl (C=O) groups is 1. The van der Waals surface area contributed by atoms with Gasteiger partial charge in [-0.2, -0.15) is 4.98 Å². The second-order valence-corrected chi connectivity index (χ2v) is 5.79. The number of anilines is 2. The number of nitrogens with two attached hydrogens (primary N) is 1. The minimum atomic E-state index is 0.0520. The topological polar surface area (TPSA) is 105 Å². The maximum Gasteiger partial charge on any atom is 0.240 e. The van der Waals surface area contributed by atoms with Crippen LogP contribution in [0.4, 0.5) is 11.8 Å². The molecule has 1 aliphatic heterocycles. The zero-order chi connectivity index (χ0) is 14.1. The van der Waals surface area contributed by atoms with Crippen LogP contribution in [-0.2, 0) is 11.2 Å². The van der Waals surface area contributed by atoms with Crippen molar-refractivity contribution in [1.82, 2.24) is 15.3 Å². The van der Waals surface area contributed by atoms with E-state index < -0.39 is 0 Å². The van der Waals surface area contributed by atoms with Crippen LogP contribution in [-0.4, -0.2) is 28.5 Å². The molecule has 0 bridgehead atoms. The van der Waals surface area contributed by atoms with Crippen LogP contribution in [0.3, 0.4) is 0 Å². The van der Waals surface area contributed by atoms with Gasteiger partial charge in [-0.05, 0) is 12.5 Å². The van der Waals surface area contributed by atoms with Gasteiger partial charge in [0.2, 0.25) is 11.9 Å². The number of nitrogens with one attached hydrogen (secondary N) is 3. The third kappa shape index (κ3) is 2.39. The van der Waals surface area contributed by atoms with Crippen LogP contribution >= 0.6 is 11.3 Å². The number of hydrazine groups is 1. The van der Waals surface area contributed by atoms with Crippen molar-refractivity contribution in [2.75, 3.05) is 17.3 Å². The lowest BCUT2D eigenvalue weighted by atomic mass is 10.2. The molecule has 1 fully saturated rings. The van der Waals surface area contributed by atoms with Gasteiger partial charge in [-0.15, -0.1) is 11.3 Å². The van der Waals surface area contributed by atoms with Crippen LogP contribution in [0.25, 0.3) is 10.2 Å². The second-order valence-electron chi connectivity index (χ2n) is 4.67. The minimum Gasteiger partial charge on any atom is -0.364 e. The highest BCUT2D eigenvalue weighted by Crippen LogP contribution is 2.30. The molecular formula is C12H16N6OS. The zero-order valence-electron chi connectivity index (χ0n) is 11.1. The van der Waals surface area contributed by atoms with Gasteiger partial charge in [0.05, 0.1) is 11.4 Å². The first-order valence-corrected chi connectivity index (χ1v) is 7.31. The van der Waals surface area contributed by atoms with Crippen LogP contribution in [0.1, 0.15) is 18.2 Å². The van der Waals surface area contributed by atoms with Crippen LogP contribution < -0.4 is 21.9 Å². The zero-order valence-corrected chi connectivity index (χ0v) is 11.9. The van der Waals surface area contributed by atoms with Gasteiger partial charge in [-0.25, -0.2) is 10.8 Å². The highest BCUT2D eigenvalue weighted by atomic mass is 32.1. The smallest absolute Gasteiger partial charge is 0.240 e. The van der Waals surface area contributed by atoms with E-state index >= 15 is 0 Å². The summed E-state index contributed by atoms with van der Waals surface area (Å²) in [7, 11) is 0. The Balaban J connectivity index is 1.98. The number of aryl methyl sites for hydroxylation is 1. The van der Waals surface area contributed by atoms with Crippen LogP contribution in [0.5, 0.6) is 0 Å². The summed E-state index contributed by atoms with van der Waals surface area (Å²) in [5.74, 6) is 6.57. The summed E-state index contributed by atoms with van der Waals surface area (Å²) in [4.78, 5) is 22.1. The molecular weight excluding hydrogens is 276 g/mol. The Morgan fingerprint density at radius 1 is 1.55 bits per heavy atom. The first-order valence-electron chi connectivity index (χ1n) is 6.50. The largest absolute Gasteiger partial charge is 0.364 e. The fourth-order valence-electron chi connectivity index (χ4n) is 2.22.